The summed E-state index contributed by atoms with van der Waals surface area (Å²) in [6.45, 7) is 4.98. The lowest BCUT2D eigenvalue weighted by Gasteiger charge is -2.24. The average molecular weight is 238 g/mol. The van der Waals surface area contributed by atoms with Crippen molar-refractivity contribution in [2.75, 3.05) is 13.6 Å². The van der Waals surface area contributed by atoms with Crippen molar-refractivity contribution in [1.29, 1.82) is 0 Å². The number of aliphatic hydroxyl groups is 1. The van der Waals surface area contributed by atoms with Gasteiger partial charge in [-0.15, -0.1) is 10.2 Å². The van der Waals surface area contributed by atoms with Gasteiger partial charge in [0, 0.05) is 19.5 Å². The molecule has 0 radical (unpaired) electrons. The van der Waals surface area contributed by atoms with E-state index in [9.17, 15) is 5.11 Å². The molecule has 0 aromatic carbocycles. The molecule has 2 rings (SSSR count). The third kappa shape index (κ3) is 3.26. The molecule has 1 aromatic rings. The Morgan fingerprint density at radius 3 is 2.59 bits per heavy atom. The molecule has 0 saturated heterocycles. The van der Waals surface area contributed by atoms with Crippen LogP contribution in [0, 0.1) is 0 Å². The lowest BCUT2D eigenvalue weighted by atomic mass is 10.1. The first-order valence-corrected chi connectivity index (χ1v) is 6.16. The van der Waals surface area contributed by atoms with Gasteiger partial charge in [-0.1, -0.05) is 0 Å². The van der Waals surface area contributed by atoms with Crippen LogP contribution in [0.3, 0.4) is 0 Å². The minimum Gasteiger partial charge on any atom is -0.389 e. The van der Waals surface area contributed by atoms with Gasteiger partial charge in [-0.2, -0.15) is 0 Å². The summed E-state index contributed by atoms with van der Waals surface area (Å²) in [6, 6.07) is 0. The fourth-order valence-electron chi connectivity index (χ4n) is 2.17. The number of hydrogen-bond acceptors (Lipinski definition) is 4. The van der Waals surface area contributed by atoms with Gasteiger partial charge in [0.25, 0.3) is 0 Å². The Morgan fingerprint density at radius 2 is 2.06 bits per heavy atom. The maximum Gasteiger partial charge on any atom is 0.146 e. The molecule has 1 aromatic heterocycles. The largest absolute Gasteiger partial charge is 0.389 e. The van der Waals surface area contributed by atoms with E-state index in [4.69, 9.17) is 0 Å². The highest BCUT2D eigenvalue weighted by molar-refractivity contribution is 5.07. The minimum absolute atomic E-state index is 0.624. The van der Waals surface area contributed by atoms with Crippen LogP contribution in [0.2, 0.25) is 0 Å². The quantitative estimate of drug-likeness (QED) is 0.828. The molecule has 5 nitrogen and oxygen atoms in total. The predicted molar refractivity (Wildman–Crippen MR) is 65.6 cm³/mol. The second kappa shape index (κ2) is 4.38. The highest BCUT2D eigenvalue weighted by Gasteiger charge is 2.29. The van der Waals surface area contributed by atoms with Gasteiger partial charge in [-0.05, 0) is 33.7 Å². The number of nitrogens with zero attached hydrogens (tertiary/aromatic N) is 4. The Balaban J connectivity index is 1.98. The number of rotatable bonds is 5. The zero-order valence-corrected chi connectivity index (χ0v) is 11.1. The first-order chi connectivity index (χ1) is 7.87. The minimum atomic E-state index is -0.674. The van der Waals surface area contributed by atoms with E-state index in [1.54, 1.807) is 0 Å². The Bertz CT molecular complexity index is 390. The van der Waals surface area contributed by atoms with Crippen LogP contribution < -0.4 is 0 Å². The molecule has 0 unspecified atom stereocenters. The molecule has 17 heavy (non-hydrogen) atoms. The molecular weight excluding hydrogens is 216 g/mol. The summed E-state index contributed by atoms with van der Waals surface area (Å²) in [5.41, 5.74) is -0.674. The normalized spacial score (nSPS) is 16.8. The third-order valence-electron chi connectivity index (χ3n) is 3.01. The molecular formula is C12H22N4O. The van der Waals surface area contributed by atoms with Crippen LogP contribution in [0.25, 0.3) is 0 Å². The van der Waals surface area contributed by atoms with Crippen LogP contribution in [-0.2, 0) is 13.6 Å². The van der Waals surface area contributed by atoms with Crippen LogP contribution in [0.15, 0.2) is 0 Å². The van der Waals surface area contributed by atoms with Crippen molar-refractivity contribution in [1.82, 2.24) is 19.7 Å². The summed E-state index contributed by atoms with van der Waals surface area (Å²) in [5, 5.41) is 18.2. The van der Waals surface area contributed by atoms with Crippen LogP contribution >= 0.6 is 0 Å². The van der Waals surface area contributed by atoms with Crippen LogP contribution in [0.4, 0.5) is 0 Å². The lowest BCUT2D eigenvalue weighted by molar-refractivity contribution is 0.0415. The van der Waals surface area contributed by atoms with Crippen LogP contribution in [0.5, 0.6) is 0 Å². The van der Waals surface area contributed by atoms with E-state index in [-0.39, 0.29) is 0 Å². The fraction of sp³-hybridized carbons (Fsp3) is 0.833. The topological polar surface area (TPSA) is 54.2 Å². The summed E-state index contributed by atoms with van der Waals surface area (Å²) in [7, 11) is 4.02. The Kier molecular flexibility index (Phi) is 3.23. The summed E-state index contributed by atoms with van der Waals surface area (Å²) in [4.78, 5) is 2.07. The van der Waals surface area contributed by atoms with Gasteiger partial charge in [-0.25, -0.2) is 0 Å². The fourth-order valence-corrected chi connectivity index (χ4v) is 2.17. The Hall–Kier alpha value is -0.940. The average Bonchev–Trinajstić information content (AvgIpc) is 2.92. The second-order valence-corrected chi connectivity index (χ2v) is 5.79. The SMILES string of the molecule is CN(Cc1nnc(C2CC2)n1C)CC(C)(C)O. The molecule has 1 aliphatic rings. The number of hydrogen-bond donors (Lipinski definition) is 1. The Labute approximate surface area is 102 Å². The predicted octanol–water partition coefficient (Wildman–Crippen LogP) is 0.895. The zero-order valence-electron chi connectivity index (χ0n) is 11.1. The van der Waals surface area contributed by atoms with Crippen molar-refractivity contribution < 1.29 is 5.11 Å². The molecule has 1 fully saturated rings. The van der Waals surface area contributed by atoms with E-state index >= 15 is 0 Å². The molecule has 0 atom stereocenters. The summed E-state index contributed by atoms with van der Waals surface area (Å²) >= 11 is 0. The highest BCUT2D eigenvalue weighted by atomic mass is 16.3. The zero-order chi connectivity index (χ0) is 12.6. The van der Waals surface area contributed by atoms with Gasteiger partial charge in [0.2, 0.25) is 0 Å². The van der Waals surface area contributed by atoms with Gasteiger partial charge in [0.15, 0.2) is 0 Å². The van der Waals surface area contributed by atoms with E-state index in [1.807, 2.05) is 27.9 Å². The van der Waals surface area contributed by atoms with Crippen molar-refractivity contribution in [3.63, 3.8) is 0 Å². The van der Waals surface area contributed by atoms with Crippen LogP contribution in [-0.4, -0.2) is 44.0 Å². The van der Waals surface area contributed by atoms with Gasteiger partial charge in [0.05, 0.1) is 12.1 Å². The van der Waals surface area contributed by atoms with Gasteiger partial charge in [-0.3, -0.25) is 4.90 Å². The third-order valence-corrected chi connectivity index (χ3v) is 3.01. The van der Waals surface area contributed by atoms with Crippen molar-refractivity contribution in [2.45, 2.75) is 44.8 Å². The number of likely N-dealkylation sites (N-methyl/N-ethyl adjacent to an activating group) is 1. The first kappa shape index (κ1) is 12.5. The summed E-state index contributed by atoms with van der Waals surface area (Å²) in [5.74, 6) is 2.70. The van der Waals surface area contributed by atoms with E-state index in [1.165, 1.54) is 12.8 Å². The van der Waals surface area contributed by atoms with E-state index in [0.717, 1.165) is 18.2 Å². The van der Waals surface area contributed by atoms with Crippen molar-refractivity contribution in [3.8, 4) is 0 Å². The molecule has 0 amide bonds. The Morgan fingerprint density at radius 1 is 1.41 bits per heavy atom. The molecule has 1 N–H and O–H groups in total. The number of aromatic nitrogens is 3. The molecule has 1 saturated carbocycles. The van der Waals surface area contributed by atoms with Gasteiger partial charge < -0.3 is 9.67 Å². The van der Waals surface area contributed by atoms with Crippen molar-refractivity contribution in [2.24, 2.45) is 7.05 Å². The monoisotopic (exact) mass is 238 g/mol. The van der Waals surface area contributed by atoms with Crippen molar-refractivity contribution in [3.05, 3.63) is 11.6 Å². The molecule has 96 valence electrons. The highest BCUT2D eigenvalue weighted by Crippen LogP contribution is 2.38. The maximum absolute atomic E-state index is 9.75. The second-order valence-electron chi connectivity index (χ2n) is 5.79. The van der Waals surface area contributed by atoms with E-state index < -0.39 is 5.60 Å². The van der Waals surface area contributed by atoms with E-state index in [0.29, 0.717) is 12.5 Å². The molecule has 5 heteroatoms. The molecule has 0 aliphatic heterocycles. The van der Waals surface area contributed by atoms with Gasteiger partial charge >= 0.3 is 0 Å². The first-order valence-electron chi connectivity index (χ1n) is 6.16. The molecule has 0 bridgehead atoms. The van der Waals surface area contributed by atoms with Gasteiger partial charge in [0.1, 0.15) is 11.6 Å². The van der Waals surface area contributed by atoms with E-state index in [2.05, 4.69) is 19.7 Å². The lowest BCUT2D eigenvalue weighted by Crippen LogP contribution is -2.36. The summed E-state index contributed by atoms with van der Waals surface area (Å²) < 4.78 is 2.10. The molecule has 0 spiro atoms. The smallest absolute Gasteiger partial charge is 0.146 e. The molecule has 1 heterocycles. The van der Waals surface area contributed by atoms with Crippen molar-refractivity contribution >= 4 is 0 Å². The maximum atomic E-state index is 9.75. The van der Waals surface area contributed by atoms with Crippen LogP contribution in [0.1, 0.15) is 44.3 Å². The standard InChI is InChI=1S/C12H22N4O/c1-12(2,17)8-15(3)7-10-13-14-11(16(10)4)9-5-6-9/h9,17H,5-8H2,1-4H3. The summed E-state index contributed by atoms with van der Waals surface area (Å²) in [6.07, 6.45) is 2.48. The molecule has 1 aliphatic carbocycles.